The summed E-state index contributed by atoms with van der Waals surface area (Å²) in [5.41, 5.74) is 9.70. The van der Waals surface area contributed by atoms with Gasteiger partial charge in [0.15, 0.2) is 0 Å². The second-order valence-electron chi connectivity index (χ2n) is 9.85. The van der Waals surface area contributed by atoms with Crippen LogP contribution in [0.5, 0.6) is 5.75 Å². The molecule has 5 rings (SSSR count). The average Bonchev–Trinajstić information content (AvgIpc) is 3.58. The molecule has 2 aliphatic heterocycles. The fourth-order valence-corrected chi connectivity index (χ4v) is 5.27. The molecule has 3 aromatic rings. The summed E-state index contributed by atoms with van der Waals surface area (Å²) in [4.78, 5) is 25.8. The van der Waals surface area contributed by atoms with Crippen molar-refractivity contribution in [2.75, 3.05) is 39.8 Å². The molecular formula is C29H38N4O3. The van der Waals surface area contributed by atoms with Gasteiger partial charge in [0.05, 0.1) is 7.11 Å². The van der Waals surface area contributed by atoms with Crippen molar-refractivity contribution in [3.63, 3.8) is 0 Å². The Balaban J connectivity index is 0.000000375. The first-order chi connectivity index (χ1) is 17.5. The minimum atomic E-state index is -0.374. The summed E-state index contributed by atoms with van der Waals surface area (Å²) in [5, 5.41) is 1.16. The van der Waals surface area contributed by atoms with Crippen molar-refractivity contribution >= 4 is 23.2 Å². The van der Waals surface area contributed by atoms with Gasteiger partial charge in [-0.05, 0) is 74.2 Å². The molecule has 0 spiro atoms. The lowest BCUT2D eigenvalue weighted by molar-refractivity contribution is -0.117. The monoisotopic (exact) mass is 490 g/mol. The van der Waals surface area contributed by atoms with E-state index in [0.717, 1.165) is 75.0 Å². The van der Waals surface area contributed by atoms with Crippen molar-refractivity contribution in [3.05, 3.63) is 65.4 Å². The predicted molar refractivity (Wildman–Crippen MR) is 143 cm³/mol. The maximum Gasteiger partial charge on any atom is 0.248 e. The molecule has 3 heterocycles. The summed E-state index contributed by atoms with van der Waals surface area (Å²) in [5.74, 6) is 0.607. The molecule has 36 heavy (non-hydrogen) atoms. The van der Waals surface area contributed by atoms with Crippen molar-refractivity contribution in [1.82, 2.24) is 14.4 Å². The van der Waals surface area contributed by atoms with Gasteiger partial charge in [-0.25, -0.2) is 0 Å². The lowest BCUT2D eigenvalue weighted by Gasteiger charge is -2.33. The number of hydrogen-bond acceptors (Lipinski definition) is 4. The molecule has 1 aromatic heterocycles. The van der Waals surface area contributed by atoms with Crippen LogP contribution in [-0.4, -0.2) is 66.5 Å². The van der Waals surface area contributed by atoms with Gasteiger partial charge >= 0.3 is 0 Å². The number of methoxy groups -OCH3 is 1. The number of nitrogens with zero attached hydrogens (tertiary/aromatic N) is 3. The molecule has 0 radical (unpaired) electrons. The van der Waals surface area contributed by atoms with Crippen LogP contribution in [0, 0.1) is 6.92 Å². The highest BCUT2D eigenvalue weighted by Gasteiger charge is 2.22. The van der Waals surface area contributed by atoms with Gasteiger partial charge in [0.25, 0.3) is 0 Å². The van der Waals surface area contributed by atoms with Crippen LogP contribution in [0.25, 0.3) is 10.9 Å². The second kappa shape index (κ2) is 12.1. The predicted octanol–water partition coefficient (Wildman–Crippen LogP) is 4.18. The number of fused-ring (bicyclic) bond motifs is 1. The summed E-state index contributed by atoms with van der Waals surface area (Å²) in [7, 11) is 1.74. The van der Waals surface area contributed by atoms with E-state index in [0.29, 0.717) is 11.6 Å². The molecule has 7 heteroatoms. The van der Waals surface area contributed by atoms with Crippen LogP contribution in [0.1, 0.15) is 53.2 Å². The Hall–Kier alpha value is -3.32. The molecule has 2 amide bonds. The molecule has 0 unspecified atom stereocenters. The fraction of sp³-hybridized carbons (Fsp3) is 0.448. The lowest BCUT2D eigenvalue weighted by Crippen LogP contribution is -2.35. The normalized spacial score (nSPS) is 16.6. The molecule has 0 aliphatic carbocycles. The zero-order chi connectivity index (χ0) is 25.5. The maximum atomic E-state index is 11.6. The van der Waals surface area contributed by atoms with E-state index in [1.807, 2.05) is 12.1 Å². The zero-order valence-corrected chi connectivity index (χ0v) is 21.5. The summed E-state index contributed by atoms with van der Waals surface area (Å²) >= 11 is 0. The smallest absolute Gasteiger partial charge is 0.248 e. The molecule has 2 N–H and O–H groups in total. The van der Waals surface area contributed by atoms with E-state index in [-0.39, 0.29) is 5.91 Å². The van der Waals surface area contributed by atoms with E-state index in [1.54, 1.807) is 18.1 Å². The number of carbonyl (C=O) groups excluding carboxylic acids is 2. The minimum absolute atomic E-state index is 0.374. The Bertz CT molecular complexity index is 1170. The summed E-state index contributed by atoms with van der Waals surface area (Å²) in [6.07, 6.45) is 8.67. The molecule has 192 valence electrons. The number of ether oxygens (including phenoxy) is 1. The van der Waals surface area contributed by atoms with E-state index in [4.69, 9.17) is 10.5 Å². The van der Waals surface area contributed by atoms with Crippen LogP contribution < -0.4 is 10.5 Å². The third-order valence-electron chi connectivity index (χ3n) is 7.38. The number of aryl methyl sites for hydroxylation is 1. The van der Waals surface area contributed by atoms with Crippen molar-refractivity contribution in [2.45, 2.75) is 45.1 Å². The quantitative estimate of drug-likeness (QED) is 0.504. The highest BCUT2D eigenvalue weighted by atomic mass is 16.5. The number of likely N-dealkylation sites (tertiary alicyclic amines) is 2. The number of nitrogens with two attached hydrogens (primary N) is 1. The first kappa shape index (κ1) is 25.8. The standard InChI is InChI=1S/C24H29N3O2.C5H9NO/c1-17-3-6-23(29-2)19(15-17)7-11-26-12-9-21(10-13-26)27-14-8-18-4-5-20(24(25)28)16-22(18)27;7-5-6-3-1-2-4-6/h3-6,8,14-16,21H,7,9-13H2,1-2H3,(H2,25,28);5H,1-4H2. The largest absolute Gasteiger partial charge is 0.496 e. The number of piperidine rings is 1. The molecule has 0 saturated carbocycles. The van der Waals surface area contributed by atoms with Crippen molar-refractivity contribution in [1.29, 1.82) is 0 Å². The Morgan fingerprint density at radius 2 is 1.81 bits per heavy atom. The number of primary amides is 1. The van der Waals surface area contributed by atoms with Crippen LogP contribution in [0.15, 0.2) is 48.7 Å². The van der Waals surface area contributed by atoms with Gasteiger partial charge in [-0.1, -0.05) is 23.8 Å². The molecule has 2 saturated heterocycles. The van der Waals surface area contributed by atoms with E-state index < -0.39 is 0 Å². The second-order valence-corrected chi connectivity index (χ2v) is 9.85. The summed E-state index contributed by atoms with van der Waals surface area (Å²) in [6.45, 7) is 7.28. The molecule has 2 aromatic carbocycles. The molecule has 2 fully saturated rings. The first-order valence-electron chi connectivity index (χ1n) is 12.9. The highest BCUT2D eigenvalue weighted by Crippen LogP contribution is 2.29. The van der Waals surface area contributed by atoms with Gasteiger partial charge in [-0.15, -0.1) is 0 Å². The minimum Gasteiger partial charge on any atom is -0.496 e. The van der Waals surface area contributed by atoms with Gasteiger partial charge in [0.1, 0.15) is 5.75 Å². The topological polar surface area (TPSA) is 80.8 Å². The van der Waals surface area contributed by atoms with Crippen LogP contribution in [-0.2, 0) is 11.2 Å². The SMILES string of the molecule is COc1ccc(C)cc1CCN1CCC(n2ccc3ccc(C(N)=O)cc32)CC1.O=CN1CCCC1. The molecule has 0 bridgehead atoms. The van der Waals surface area contributed by atoms with E-state index in [1.165, 1.54) is 24.0 Å². The Morgan fingerprint density at radius 1 is 1.06 bits per heavy atom. The Labute approximate surface area is 213 Å². The summed E-state index contributed by atoms with van der Waals surface area (Å²) < 4.78 is 7.84. The van der Waals surface area contributed by atoms with Gasteiger partial charge in [0.2, 0.25) is 12.3 Å². The highest BCUT2D eigenvalue weighted by molar-refractivity contribution is 5.97. The van der Waals surface area contributed by atoms with Crippen LogP contribution >= 0.6 is 0 Å². The van der Waals surface area contributed by atoms with E-state index >= 15 is 0 Å². The van der Waals surface area contributed by atoms with Crippen LogP contribution in [0.4, 0.5) is 0 Å². The van der Waals surface area contributed by atoms with Crippen LogP contribution in [0.2, 0.25) is 0 Å². The van der Waals surface area contributed by atoms with E-state index in [2.05, 4.69) is 46.9 Å². The molecular weight excluding hydrogens is 452 g/mol. The third kappa shape index (κ3) is 6.26. The van der Waals surface area contributed by atoms with Gasteiger partial charge in [-0.3, -0.25) is 9.59 Å². The Kier molecular flexibility index (Phi) is 8.65. The van der Waals surface area contributed by atoms with Crippen molar-refractivity contribution in [2.24, 2.45) is 5.73 Å². The van der Waals surface area contributed by atoms with Crippen molar-refractivity contribution < 1.29 is 14.3 Å². The van der Waals surface area contributed by atoms with Gasteiger partial charge in [0, 0.05) is 56.0 Å². The first-order valence-corrected chi connectivity index (χ1v) is 12.9. The Morgan fingerprint density at radius 3 is 2.44 bits per heavy atom. The summed E-state index contributed by atoms with van der Waals surface area (Å²) in [6, 6.07) is 14.7. The van der Waals surface area contributed by atoms with Gasteiger partial charge < -0.3 is 24.8 Å². The number of hydrogen-bond donors (Lipinski definition) is 1. The number of amides is 2. The maximum absolute atomic E-state index is 11.6. The third-order valence-corrected chi connectivity index (χ3v) is 7.38. The number of benzene rings is 2. The molecule has 7 nitrogen and oxygen atoms in total. The fourth-order valence-electron chi connectivity index (χ4n) is 5.27. The van der Waals surface area contributed by atoms with Gasteiger partial charge in [-0.2, -0.15) is 0 Å². The van der Waals surface area contributed by atoms with Crippen molar-refractivity contribution in [3.8, 4) is 5.75 Å². The molecule has 2 aliphatic rings. The van der Waals surface area contributed by atoms with Crippen LogP contribution in [0.3, 0.4) is 0 Å². The average molecular weight is 491 g/mol. The number of carbonyl (C=O) groups is 2. The zero-order valence-electron chi connectivity index (χ0n) is 21.5. The number of rotatable bonds is 7. The lowest BCUT2D eigenvalue weighted by atomic mass is 10.0. The van der Waals surface area contributed by atoms with E-state index in [9.17, 15) is 9.59 Å². The number of aromatic nitrogens is 1. The molecule has 0 atom stereocenters.